The van der Waals surface area contributed by atoms with E-state index in [1.807, 2.05) is 5.43 Å². The minimum absolute atomic E-state index is 0.0230. The van der Waals surface area contributed by atoms with E-state index in [9.17, 15) is 18.8 Å². The lowest BCUT2D eigenvalue weighted by atomic mass is 10.2. The highest BCUT2D eigenvalue weighted by Crippen LogP contribution is 2.18. The molecule has 0 bridgehead atoms. The van der Waals surface area contributed by atoms with Crippen LogP contribution in [-0.4, -0.2) is 24.0 Å². The van der Waals surface area contributed by atoms with Crippen LogP contribution in [0.1, 0.15) is 16.1 Å². The predicted octanol–water partition coefficient (Wildman–Crippen LogP) is 2.73. The zero-order valence-electron chi connectivity index (χ0n) is 14.8. The maximum Gasteiger partial charge on any atom is 0.379 e. The van der Waals surface area contributed by atoms with Gasteiger partial charge in [0, 0.05) is 5.56 Å². The first-order chi connectivity index (χ1) is 14.0. The first kappa shape index (κ1) is 19.5. The van der Waals surface area contributed by atoms with Gasteiger partial charge in [0.2, 0.25) is 5.76 Å². The second-order valence-corrected chi connectivity index (χ2v) is 5.54. The van der Waals surface area contributed by atoms with Crippen LogP contribution in [0.5, 0.6) is 5.75 Å². The maximum absolute atomic E-state index is 13.5. The molecule has 0 saturated carbocycles. The molecule has 0 radical (unpaired) electrons. The van der Waals surface area contributed by atoms with Gasteiger partial charge in [0.1, 0.15) is 11.6 Å². The number of carbonyl (C=O) groups excluding carboxylic acids is 3. The van der Waals surface area contributed by atoms with Gasteiger partial charge >= 0.3 is 17.8 Å². The summed E-state index contributed by atoms with van der Waals surface area (Å²) in [6.45, 7) is 0. The molecule has 0 saturated heterocycles. The summed E-state index contributed by atoms with van der Waals surface area (Å²) in [7, 11) is 0. The van der Waals surface area contributed by atoms with Crippen molar-refractivity contribution in [1.82, 2.24) is 5.43 Å². The Balaban J connectivity index is 1.61. The lowest BCUT2D eigenvalue weighted by molar-refractivity contribution is -0.136. The van der Waals surface area contributed by atoms with Gasteiger partial charge in [-0.05, 0) is 36.4 Å². The Morgan fingerprint density at radius 3 is 2.48 bits per heavy atom. The first-order valence-corrected chi connectivity index (χ1v) is 8.28. The Kier molecular flexibility index (Phi) is 6.11. The molecule has 2 aromatic carbocycles. The van der Waals surface area contributed by atoms with Gasteiger partial charge in [0.05, 0.1) is 18.2 Å². The number of benzene rings is 2. The highest BCUT2D eigenvalue weighted by Gasteiger charge is 2.15. The summed E-state index contributed by atoms with van der Waals surface area (Å²) < 4.78 is 23.7. The van der Waals surface area contributed by atoms with Crippen LogP contribution in [0.25, 0.3) is 0 Å². The zero-order chi connectivity index (χ0) is 20.6. The summed E-state index contributed by atoms with van der Waals surface area (Å²) in [5.74, 6) is -3.38. The number of hydrogen-bond acceptors (Lipinski definition) is 6. The number of rotatable bonds is 5. The molecule has 0 aliphatic carbocycles. The lowest BCUT2D eigenvalue weighted by Gasteiger charge is -2.06. The molecule has 2 amide bonds. The molecule has 0 fully saturated rings. The van der Waals surface area contributed by atoms with Gasteiger partial charge in [-0.3, -0.25) is 9.59 Å². The SMILES string of the molecule is O=C(N/N=C/c1ccccc1OC(=O)c1ccco1)C(=O)Nc1ccccc1F. The standard InChI is InChI=1S/C20H14FN3O5/c21-14-7-2-3-8-15(14)23-18(25)19(26)24-22-12-13-6-1-4-9-16(13)29-20(27)17-10-5-11-28-17/h1-12H,(H,23,25)(H,24,26)/b22-12+. The number of hydrogen-bond donors (Lipinski definition) is 2. The average Bonchev–Trinajstić information content (AvgIpc) is 3.26. The number of halogens is 1. The summed E-state index contributed by atoms with van der Waals surface area (Å²) in [5.41, 5.74) is 2.25. The van der Waals surface area contributed by atoms with Crippen LogP contribution < -0.4 is 15.5 Å². The van der Waals surface area contributed by atoms with Gasteiger partial charge < -0.3 is 14.5 Å². The van der Waals surface area contributed by atoms with E-state index in [0.29, 0.717) is 5.56 Å². The third-order valence-corrected chi connectivity index (χ3v) is 3.54. The van der Waals surface area contributed by atoms with E-state index < -0.39 is 23.6 Å². The van der Waals surface area contributed by atoms with Crippen LogP contribution in [0.3, 0.4) is 0 Å². The van der Waals surface area contributed by atoms with E-state index in [-0.39, 0.29) is 17.2 Å². The molecule has 8 nitrogen and oxygen atoms in total. The Hall–Kier alpha value is -4.27. The molecule has 3 rings (SSSR count). The van der Waals surface area contributed by atoms with Gasteiger partial charge in [-0.25, -0.2) is 14.6 Å². The number of para-hydroxylation sites is 2. The van der Waals surface area contributed by atoms with Crippen molar-refractivity contribution in [3.63, 3.8) is 0 Å². The minimum Gasteiger partial charge on any atom is -0.457 e. The molecule has 146 valence electrons. The number of hydrazone groups is 1. The van der Waals surface area contributed by atoms with Crippen molar-refractivity contribution in [3.8, 4) is 5.75 Å². The number of nitrogens with one attached hydrogen (secondary N) is 2. The molecule has 0 atom stereocenters. The molecular formula is C20H14FN3O5. The Labute approximate surface area is 164 Å². The maximum atomic E-state index is 13.5. The van der Waals surface area contributed by atoms with Crippen molar-refractivity contribution < 1.29 is 27.9 Å². The van der Waals surface area contributed by atoms with Crippen molar-refractivity contribution in [2.45, 2.75) is 0 Å². The second kappa shape index (κ2) is 9.09. The molecule has 29 heavy (non-hydrogen) atoms. The molecule has 0 unspecified atom stereocenters. The highest BCUT2D eigenvalue weighted by atomic mass is 19.1. The number of furan rings is 1. The third-order valence-electron chi connectivity index (χ3n) is 3.54. The molecule has 3 aromatic rings. The van der Waals surface area contributed by atoms with Gasteiger partial charge in [-0.1, -0.05) is 24.3 Å². The van der Waals surface area contributed by atoms with Crippen LogP contribution in [-0.2, 0) is 9.59 Å². The summed E-state index contributed by atoms with van der Waals surface area (Å²) >= 11 is 0. The van der Waals surface area contributed by atoms with Crippen molar-refractivity contribution in [1.29, 1.82) is 0 Å². The van der Waals surface area contributed by atoms with Gasteiger partial charge in [-0.2, -0.15) is 5.10 Å². The van der Waals surface area contributed by atoms with Crippen molar-refractivity contribution in [2.24, 2.45) is 5.10 Å². The summed E-state index contributed by atoms with van der Waals surface area (Å²) in [4.78, 5) is 35.6. The van der Waals surface area contributed by atoms with Gasteiger partial charge in [-0.15, -0.1) is 0 Å². The largest absolute Gasteiger partial charge is 0.457 e. The lowest BCUT2D eigenvalue weighted by Crippen LogP contribution is -2.32. The van der Waals surface area contributed by atoms with Crippen LogP contribution in [0.15, 0.2) is 76.4 Å². The Bertz CT molecular complexity index is 1060. The average molecular weight is 395 g/mol. The van der Waals surface area contributed by atoms with Crippen molar-refractivity contribution >= 4 is 29.7 Å². The fourth-order valence-electron chi connectivity index (χ4n) is 2.18. The van der Waals surface area contributed by atoms with Gasteiger partial charge in [0.25, 0.3) is 0 Å². The molecule has 0 spiro atoms. The summed E-state index contributed by atoms with van der Waals surface area (Å²) in [6, 6.07) is 14.8. The molecule has 0 aliphatic heterocycles. The van der Waals surface area contributed by atoms with Crippen LogP contribution >= 0.6 is 0 Å². The van der Waals surface area contributed by atoms with E-state index in [1.165, 1.54) is 42.8 Å². The van der Waals surface area contributed by atoms with Crippen molar-refractivity contribution in [3.05, 3.63) is 84.1 Å². The van der Waals surface area contributed by atoms with E-state index in [2.05, 4.69) is 10.4 Å². The van der Waals surface area contributed by atoms with E-state index >= 15 is 0 Å². The van der Waals surface area contributed by atoms with E-state index in [4.69, 9.17) is 9.15 Å². The number of amides is 2. The number of carbonyl (C=O) groups is 3. The number of anilines is 1. The van der Waals surface area contributed by atoms with E-state index in [0.717, 1.165) is 6.07 Å². The smallest absolute Gasteiger partial charge is 0.379 e. The molecule has 1 aromatic heterocycles. The number of nitrogens with zero attached hydrogens (tertiary/aromatic N) is 1. The molecule has 9 heteroatoms. The number of esters is 1. The highest BCUT2D eigenvalue weighted by molar-refractivity contribution is 6.39. The van der Waals surface area contributed by atoms with Crippen LogP contribution in [0, 0.1) is 5.82 Å². The minimum atomic E-state index is -1.10. The molecule has 1 heterocycles. The van der Waals surface area contributed by atoms with Gasteiger partial charge in [0.15, 0.2) is 0 Å². The Morgan fingerprint density at radius 1 is 0.966 bits per heavy atom. The first-order valence-electron chi connectivity index (χ1n) is 8.28. The zero-order valence-corrected chi connectivity index (χ0v) is 14.8. The monoisotopic (exact) mass is 395 g/mol. The van der Waals surface area contributed by atoms with E-state index in [1.54, 1.807) is 24.3 Å². The molecule has 0 aliphatic rings. The summed E-state index contributed by atoms with van der Waals surface area (Å²) in [5, 5.41) is 5.80. The molecule has 2 N–H and O–H groups in total. The topological polar surface area (TPSA) is 110 Å². The Morgan fingerprint density at radius 2 is 1.72 bits per heavy atom. The fraction of sp³-hybridized carbons (Fsp3) is 0. The number of ether oxygens (including phenoxy) is 1. The van der Waals surface area contributed by atoms with Crippen LogP contribution in [0.4, 0.5) is 10.1 Å². The molecular weight excluding hydrogens is 381 g/mol. The fourth-order valence-corrected chi connectivity index (χ4v) is 2.18. The third kappa shape index (κ3) is 5.13. The van der Waals surface area contributed by atoms with Crippen molar-refractivity contribution in [2.75, 3.05) is 5.32 Å². The summed E-state index contributed by atoms with van der Waals surface area (Å²) in [6.07, 6.45) is 2.53. The van der Waals surface area contributed by atoms with Crippen LogP contribution in [0.2, 0.25) is 0 Å². The predicted molar refractivity (Wildman–Crippen MR) is 101 cm³/mol. The quantitative estimate of drug-likeness (QED) is 0.227. The normalized spacial score (nSPS) is 10.5. The second-order valence-electron chi connectivity index (χ2n) is 5.54.